The van der Waals surface area contributed by atoms with Crippen LogP contribution in [-0.4, -0.2) is 66.0 Å². The SMILES string of the molecule is CCOC(=O)N1CCN(C(=O)C2C3CCC4(CC(=O)c5ccccc5O4)C32)CC1. The largest absolute Gasteiger partial charge is 0.486 e. The Morgan fingerprint density at radius 3 is 2.66 bits per heavy atom. The predicted octanol–water partition coefficient (Wildman–Crippen LogP) is 2.35. The van der Waals surface area contributed by atoms with E-state index in [0.717, 1.165) is 12.8 Å². The molecule has 4 unspecified atom stereocenters. The van der Waals surface area contributed by atoms with Gasteiger partial charge in [0.25, 0.3) is 0 Å². The second kappa shape index (κ2) is 6.75. The van der Waals surface area contributed by atoms with Crippen LogP contribution >= 0.6 is 0 Å². The normalized spacial score (nSPS) is 32.4. The Hall–Kier alpha value is -2.57. The van der Waals surface area contributed by atoms with E-state index >= 15 is 0 Å². The van der Waals surface area contributed by atoms with E-state index in [4.69, 9.17) is 9.47 Å². The third-order valence-electron chi connectivity index (χ3n) is 7.04. The summed E-state index contributed by atoms with van der Waals surface area (Å²) in [6.07, 6.45) is 1.82. The molecule has 0 aromatic heterocycles. The number of ether oxygens (including phenoxy) is 2. The van der Waals surface area contributed by atoms with E-state index < -0.39 is 5.60 Å². The summed E-state index contributed by atoms with van der Waals surface area (Å²) in [6.45, 7) is 4.20. The van der Waals surface area contributed by atoms with E-state index in [2.05, 4.69) is 0 Å². The number of piperazine rings is 1. The topological polar surface area (TPSA) is 76.2 Å². The van der Waals surface area contributed by atoms with Gasteiger partial charge in [-0.2, -0.15) is 0 Å². The second-order valence-corrected chi connectivity index (χ2v) is 8.53. The molecule has 2 saturated carbocycles. The first-order valence-corrected chi connectivity index (χ1v) is 10.6. The van der Waals surface area contributed by atoms with E-state index in [1.807, 2.05) is 29.2 Å². The van der Waals surface area contributed by atoms with Gasteiger partial charge in [0.05, 0.1) is 18.6 Å². The molecule has 4 aliphatic rings. The number of carbonyl (C=O) groups is 3. The van der Waals surface area contributed by atoms with Crippen LogP contribution in [0.1, 0.15) is 36.5 Å². The highest BCUT2D eigenvalue weighted by atomic mass is 16.6. The molecule has 2 heterocycles. The van der Waals surface area contributed by atoms with Crippen molar-refractivity contribution >= 4 is 17.8 Å². The van der Waals surface area contributed by atoms with Crippen molar-refractivity contribution in [3.8, 4) is 5.75 Å². The number of hydrogen-bond acceptors (Lipinski definition) is 5. The van der Waals surface area contributed by atoms with Crippen LogP contribution in [-0.2, 0) is 9.53 Å². The average molecular weight is 398 g/mol. The summed E-state index contributed by atoms with van der Waals surface area (Å²) >= 11 is 0. The fraction of sp³-hybridized carbons (Fsp3) is 0.591. The molecule has 29 heavy (non-hydrogen) atoms. The van der Waals surface area contributed by atoms with Crippen molar-refractivity contribution < 1.29 is 23.9 Å². The van der Waals surface area contributed by atoms with Crippen LogP contribution in [0.3, 0.4) is 0 Å². The first-order valence-electron chi connectivity index (χ1n) is 10.6. The Morgan fingerprint density at radius 2 is 1.90 bits per heavy atom. The van der Waals surface area contributed by atoms with Gasteiger partial charge >= 0.3 is 6.09 Å². The number of nitrogens with zero attached hydrogens (tertiary/aromatic N) is 2. The molecule has 4 atom stereocenters. The smallest absolute Gasteiger partial charge is 0.409 e. The molecular formula is C22H26N2O5. The van der Waals surface area contributed by atoms with Crippen molar-refractivity contribution in [2.24, 2.45) is 17.8 Å². The maximum atomic E-state index is 13.2. The van der Waals surface area contributed by atoms with Gasteiger partial charge in [-0.05, 0) is 37.8 Å². The number of para-hydroxylation sites is 1. The number of fused-ring (bicyclic) bond motifs is 3. The minimum absolute atomic E-state index is 0.0593. The number of amides is 2. The molecule has 0 N–H and O–H groups in total. The molecule has 7 heteroatoms. The molecule has 1 aromatic rings. The molecule has 5 rings (SSSR count). The standard InChI is InChI=1S/C22H26N2O5/c1-2-28-21(27)24-11-9-23(10-12-24)20(26)18-15-7-8-22(19(15)18)13-16(25)14-5-3-4-6-17(14)29-22/h3-6,15,18-19H,2,7-13H2,1H3. The molecule has 2 aliphatic carbocycles. The molecule has 0 radical (unpaired) electrons. The zero-order chi connectivity index (χ0) is 20.2. The van der Waals surface area contributed by atoms with Crippen molar-refractivity contribution in [3.05, 3.63) is 29.8 Å². The fourth-order valence-electron chi connectivity index (χ4n) is 5.63. The van der Waals surface area contributed by atoms with E-state index in [0.29, 0.717) is 56.4 Å². The number of carbonyl (C=O) groups excluding carboxylic acids is 3. The lowest BCUT2D eigenvalue weighted by atomic mass is 9.84. The molecule has 2 amide bonds. The summed E-state index contributed by atoms with van der Waals surface area (Å²) in [6, 6.07) is 7.41. The van der Waals surface area contributed by atoms with E-state index in [1.165, 1.54) is 0 Å². The highest BCUT2D eigenvalue weighted by molar-refractivity contribution is 6.00. The molecule has 7 nitrogen and oxygen atoms in total. The van der Waals surface area contributed by atoms with Crippen LogP contribution in [0.15, 0.2) is 24.3 Å². The summed E-state index contributed by atoms with van der Waals surface area (Å²) in [7, 11) is 0. The maximum Gasteiger partial charge on any atom is 0.409 e. The molecule has 154 valence electrons. The molecule has 1 spiro atoms. The lowest BCUT2D eigenvalue weighted by molar-refractivity contribution is -0.136. The molecule has 1 saturated heterocycles. The summed E-state index contributed by atoms with van der Waals surface area (Å²) in [5.41, 5.74) is 0.128. The van der Waals surface area contributed by atoms with Crippen LogP contribution in [0.5, 0.6) is 5.75 Å². The highest BCUT2D eigenvalue weighted by Gasteiger charge is 2.71. The zero-order valence-corrected chi connectivity index (χ0v) is 16.6. The van der Waals surface area contributed by atoms with Crippen molar-refractivity contribution in [2.75, 3.05) is 32.8 Å². The minimum atomic E-state index is -0.525. The van der Waals surface area contributed by atoms with E-state index in [9.17, 15) is 14.4 Å². The number of ketones is 1. The van der Waals surface area contributed by atoms with Gasteiger partial charge < -0.3 is 19.3 Å². The van der Waals surface area contributed by atoms with Gasteiger partial charge in [0.15, 0.2) is 5.78 Å². The quantitative estimate of drug-likeness (QED) is 0.764. The zero-order valence-electron chi connectivity index (χ0n) is 16.6. The van der Waals surface area contributed by atoms with Crippen LogP contribution in [0, 0.1) is 17.8 Å². The molecular weight excluding hydrogens is 372 g/mol. The Morgan fingerprint density at radius 1 is 1.17 bits per heavy atom. The van der Waals surface area contributed by atoms with E-state index in [-0.39, 0.29) is 29.6 Å². The predicted molar refractivity (Wildman–Crippen MR) is 104 cm³/mol. The Balaban J connectivity index is 1.26. The van der Waals surface area contributed by atoms with Crippen LogP contribution < -0.4 is 4.74 Å². The third kappa shape index (κ3) is 2.90. The molecule has 0 bridgehead atoms. The monoisotopic (exact) mass is 398 g/mol. The van der Waals surface area contributed by atoms with Gasteiger partial charge in [0, 0.05) is 38.0 Å². The number of rotatable bonds is 2. The maximum absolute atomic E-state index is 13.2. The van der Waals surface area contributed by atoms with Crippen molar-refractivity contribution in [1.82, 2.24) is 9.80 Å². The lowest BCUT2D eigenvalue weighted by Gasteiger charge is -2.38. The Kier molecular flexibility index (Phi) is 4.29. The van der Waals surface area contributed by atoms with Gasteiger partial charge in [-0.15, -0.1) is 0 Å². The van der Waals surface area contributed by atoms with Crippen molar-refractivity contribution in [1.29, 1.82) is 0 Å². The van der Waals surface area contributed by atoms with Crippen molar-refractivity contribution in [2.45, 2.75) is 31.8 Å². The summed E-state index contributed by atoms with van der Waals surface area (Å²) < 4.78 is 11.4. The van der Waals surface area contributed by atoms with Crippen LogP contribution in [0.2, 0.25) is 0 Å². The van der Waals surface area contributed by atoms with Crippen LogP contribution in [0.25, 0.3) is 0 Å². The number of hydrogen-bond donors (Lipinski definition) is 0. The number of benzene rings is 1. The summed E-state index contributed by atoms with van der Waals surface area (Å²) in [5, 5.41) is 0. The first-order chi connectivity index (χ1) is 14.0. The highest BCUT2D eigenvalue weighted by Crippen LogP contribution is 2.66. The summed E-state index contributed by atoms with van der Waals surface area (Å²) in [5.74, 6) is 1.30. The van der Waals surface area contributed by atoms with E-state index in [1.54, 1.807) is 11.8 Å². The fourth-order valence-corrected chi connectivity index (χ4v) is 5.63. The first kappa shape index (κ1) is 18.5. The third-order valence-corrected chi connectivity index (χ3v) is 7.04. The number of Topliss-reactive ketones (excluding diaryl/α,β-unsaturated/α-hetero) is 1. The van der Waals surface area contributed by atoms with Gasteiger partial charge in [-0.3, -0.25) is 9.59 Å². The average Bonchev–Trinajstić information content (AvgIpc) is 3.38. The van der Waals surface area contributed by atoms with Gasteiger partial charge in [0.2, 0.25) is 5.91 Å². The molecule has 1 aromatic carbocycles. The molecule has 2 aliphatic heterocycles. The Labute approximate surface area is 169 Å². The lowest BCUT2D eigenvalue weighted by Crippen LogP contribution is -2.52. The second-order valence-electron chi connectivity index (χ2n) is 8.53. The van der Waals surface area contributed by atoms with Crippen molar-refractivity contribution in [3.63, 3.8) is 0 Å². The summed E-state index contributed by atoms with van der Waals surface area (Å²) in [4.78, 5) is 41.3. The molecule has 3 fully saturated rings. The minimum Gasteiger partial charge on any atom is -0.486 e. The van der Waals surface area contributed by atoms with Gasteiger partial charge in [-0.1, -0.05) is 12.1 Å². The van der Waals surface area contributed by atoms with Crippen LogP contribution in [0.4, 0.5) is 4.79 Å². The van der Waals surface area contributed by atoms with Gasteiger partial charge in [-0.25, -0.2) is 4.79 Å². The van der Waals surface area contributed by atoms with Gasteiger partial charge in [0.1, 0.15) is 11.4 Å². The Bertz CT molecular complexity index is 863.